The molecule has 0 bridgehead atoms. The normalized spacial score (nSPS) is 12.6. The maximum atomic E-state index is 8.88. The van der Waals surface area contributed by atoms with E-state index in [9.17, 15) is 0 Å². The third-order valence-electron chi connectivity index (χ3n) is 1.84. The van der Waals surface area contributed by atoms with Crippen molar-refractivity contribution >= 4 is 5.82 Å². The van der Waals surface area contributed by atoms with Crippen LogP contribution >= 0.6 is 0 Å². The second-order valence-corrected chi connectivity index (χ2v) is 2.71. The second-order valence-electron chi connectivity index (χ2n) is 2.71. The van der Waals surface area contributed by atoms with E-state index < -0.39 is 0 Å². The van der Waals surface area contributed by atoms with Crippen LogP contribution in [0.4, 0.5) is 5.82 Å². The van der Waals surface area contributed by atoms with Gasteiger partial charge in [0.1, 0.15) is 5.82 Å². The molecule has 0 aromatic carbocycles. The molecule has 0 amide bonds. The lowest BCUT2D eigenvalue weighted by molar-refractivity contribution is 0.269. The van der Waals surface area contributed by atoms with E-state index >= 15 is 0 Å². The number of nitrogens with zero attached hydrogens (tertiary/aromatic N) is 3. The van der Waals surface area contributed by atoms with E-state index in [1.807, 2.05) is 18.9 Å². The van der Waals surface area contributed by atoms with Gasteiger partial charge in [-0.25, -0.2) is 4.98 Å². The molecule has 0 saturated carbocycles. The summed E-state index contributed by atoms with van der Waals surface area (Å²) in [6, 6.07) is 0.0710. The molecule has 0 aliphatic rings. The van der Waals surface area contributed by atoms with Crippen molar-refractivity contribution in [3.05, 3.63) is 18.6 Å². The Kier molecular flexibility index (Phi) is 2.99. The number of aliphatic hydroxyl groups is 1. The van der Waals surface area contributed by atoms with Gasteiger partial charge in [0.2, 0.25) is 0 Å². The lowest BCUT2D eigenvalue weighted by atomic mass is 10.3. The fourth-order valence-electron chi connectivity index (χ4n) is 0.822. The summed E-state index contributed by atoms with van der Waals surface area (Å²) in [6.45, 7) is 2.04. The zero-order valence-electron chi connectivity index (χ0n) is 7.31. The highest BCUT2D eigenvalue weighted by atomic mass is 16.3. The molecule has 1 aromatic rings. The van der Waals surface area contributed by atoms with Crippen LogP contribution in [0.3, 0.4) is 0 Å². The topological polar surface area (TPSA) is 49.2 Å². The first kappa shape index (κ1) is 8.93. The van der Waals surface area contributed by atoms with Crippen LogP contribution in [0.2, 0.25) is 0 Å². The van der Waals surface area contributed by atoms with Crippen molar-refractivity contribution in [2.45, 2.75) is 13.0 Å². The van der Waals surface area contributed by atoms with Gasteiger partial charge in [-0.3, -0.25) is 4.98 Å². The van der Waals surface area contributed by atoms with E-state index in [0.29, 0.717) is 0 Å². The molecule has 1 atom stereocenters. The fraction of sp³-hybridized carbons (Fsp3) is 0.500. The van der Waals surface area contributed by atoms with Gasteiger partial charge in [0, 0.05) is 19.4 Å². The van der Waals surface area contributed by atoms with Crippen molar-refractivity contribution in [2.24, 2.45) is 0 Å². The van der Waals surface area contributed by atoms with E-state index in [1.54, 1.807) is 18.6 Å². The first-order valence-corrected chi connectivity index (χ1v) is 3.85. The minimum Gasteiger partial charge on any atom is -0.394 e. The van der Waals surface area contributed by atoms with Crippen LogP contribution < -0.4 is 4.90 Å². The summed E-state index contributed by atoms with van der Waals surface area (Å²) in [7, 11) is 1.88. The number of rotatable bonds is 3. The van der Waals surface area contributed by atoms with Crippen LogP contribution in [-0.4, -0.2) is 34.8 Å². The molecule has 0 unspecified atom stereocenters. The molecular formula is C8H13N3O. The molecule has 66 valence electrons. The third-order valence-corrected chi connectivity index (χ3v) is 1.84. The molecule has 0 aliphatic carbocycles. The van der Waals surface area contributed by atoms with Crippen molar-refractivity contribution in [3.8, 4) is 0 Å². The molecule has 1 heterocycles. The molecular weight excluding hydrogens is 154 g/mol. The van der Waals surface area contributed by atoms with Crippen LogP contribution in [0, 0.1) is 0 Å². The zero-order chi connectivity index (χ0) is 8.97. The van der Waals surface area contributed by atoms with Gasteiger partial charge in [-0.1, -0.05) is 0 Å². The maximum Gasteiger partial charge on any atom is 0.147 e. The lowest BCUT2D eigenvalue weighted by Crippen LogP contribution is -2.32. The molecule has 1 N–H and O–H groups in total. The molecule has 0 aliphatic heterocycles. The van der Waals surface area contributed by atoms with Gasteiger partial charge in [0.05, 0.1) is 18.8 Å². The SMILES string of the molecule is C[C@@H](CO)N(C)c1cnccn1. The predicted molar refractivity (Wildman–Crippen MR) is 47.0 cm³/mol. The summed E-state index contributed by atoms with van der Waals surface area (Å²) >= 11 is 0. The van der Waals surface area contributed by atoms with Gasteiger partial charge in [0.25, 0.3) is 0 Å². The number of aromatic nitrogens is 2. The lowest BCUT2D eigenvalue weighted by Gasteiger charge is -2.23. The molecule has 0 saturated heterocycles. The Morgan fingerprint density at radius 2 is 2.33 bits per heavy atom. The average Bonchev–Trinajstić information content (AvgIpc) is 2.17. The minimum absolute atomic E-state index is 0.0710. The standard InChI is InChI=1S/C8H13N3O/c1-7(6-12)11(2)8-5-9-3-4-10-8/h3-5,7,12H,6H2,1-2H3/t7-/m0/s1. The number of likely N-dealkylation sites (N-methyl/N-ethyl adjacent to an activating group) is 1. The molecule has 4 heteroatoms. The van der Waals surface area contributed by atoms with Crippen molar-refractivity contribution in [1.82, 2.24) is 9.97 Å². The summed E-state index contributed by atoms with van der Waals surface area (Å²) in [6.07, 6.45) is 4.93. The highest BCUT2D eigenvalue weighted by Gasteiger charge is 2.08. The first-order valence-electron chi connectivity index (χ1n) is 3.85. The largest absolute Gasteiger partial charge is 0.394 e. The van der Waals surface area contributed by atoms with E-state index in [2.05, 4.69) is 9.97 Å². The van der Waals surface area contributed by atoms with Crippen LogP contribution in [-0.2, 0) is 0 Å². The van der Waals surface area contributed by atoms with Crippen molar-refractivity contribution in [1.29, 1.82) is 0 Å². The van der Waals surface area contributed by atoms with Crippen molar-refractivity contribution in [2.75, 3.05) is 18.6 Å². The smallest absolute Gasteiger partial charge is 0.147 e. The number of hydrogen-bond acceptors (Lipinski definition) is 4. The average molecular weight is 167 g/mol. The quantitative estimate of drug-likeness (QED) is 0.703. The highest BCUT2D eigenvalue weighted by molar-refractivity contribution is 5.34. The Morgan fingerprint density at radius 1 is 1.58 bits per heavy atom. The van der Waals surface area contributed by atoms with Crippen LogP contribution in [0.5, 0.6) is 0 Å². The monoisotopic (exact) mass is 167 g/mol. The summed E-state index contributed by atoms with van der Waals surface area (Å²) in [5.74, 6) is 0.777. The van der Waals surface area contributed by atoms with Gasteiger partial charge >= 0.3 is 0 Å². The zero-order valence-corrected chi connectivity index (χ0v) is 7.31. The van der Waals surface area contributed by atoms with Crippen LogP contribution in [0.25, 0.3) is 0 Å². The number of hydrogen-bond donors (Lipinski definition) is 1. The van der Waals surface area contributed by atoms with Gasteiger partial charge in [-0.05, 0) is 6.92 Å². The predicted octanol–water partition coefficient (Wildman–Crippen LogP) is 0.294. The summed E-state index contributed by atoms with van der Waals surface area (Å²) < 4.78 is 0. The molecule has 4 nitrogen and oxygen atoms in total. The van der Waals surface area contributed by atoms with E-state index in [0.717, 1.165) is 5.82 Å². The molecule has 1 rings (SSSR count). The summed E-state index contributed by atoms with van der Waals surface area (Å²) in [5.41, 5.74) is 0. The Hall–Kier alpha value is -1.16. The van der Waals surface area contributed by atoms with E-state index in [-0.39, 0.29) is 12.6 Å². The molecule has 0 radical (unpaired) electrons. The van der Waals surface area contributed by atoms with Crippen LogP contribution in [0.1, 0.15) is 6.92 Å². The van der Waals surface area contributed by atoms with Gasteiger partial charge < -0.3 is 10.0 Å². The summed E-state index contributed by atoms with van der Waals surface area (Å²) in [4.78, 5) is 9.92. The molecule has 12 heavy (non-hydrogen) atoms. The first-order chi connectivity index (χ1) is 5.75. The third kappa shape index (κ3) is 1.92. The minimum atomic E-state index is 0.0710. The Balaban J connectivity index is 2.71. The van der Waals surface area contributed by atoms with Crippen molar-refractivity contribution < 1.29 is 5.11 Å². The number of anilines is 1. The van der Waals surface area contributed by atoms with Crippen molar-refractivity contribution in [3.63, 3.8) is 0 Å². The van der Waals surface area contributed by atoms with E-state index in [4.69, 9.17) is 5.11 Å². The number of aliphatic hydroxyl groups excluding tert-OH is 1. The summed E-state index contributed by atoms with van der Waals surface area (Å²) in [5, 5.41) is 8.88. The van der Waals surface area contributed by atoms with E-state index in [1.165, 1.54) is 0 Å². The highest BCUT2D eigenvalue weighted by Crippen LogP contribution is 2.07. The maximum absolute atomic E-state index is 8.88. The Labute approximate surface area is 71.9 Å². The van der Waals surface area contributed by atoms with Crippen LogP contribution in [0.15, 0.2) is 18.6 Å². The van der Waals surface area contributed by atoms with Gasteiger partial charge in [-0.2, -0.15) is 0 Å². The fourth-order valence-corrected chi connectivity index (χ4v) is 0.822. The Morgan fingerprint density at radius 3 is 2.83 bits per heavy atom. The van der Waals surface area contributed by atoms with Gasteiger partial charge in [0.15, 0.2) is 0 Å². The molecule has 0 spiro atoms. The molecule has 0 fully saturated rings. The second kappa shape index (κ2) is 4.01. The molecule has 1 aromatic heterocycles. The van der Waals surface area contributed by atoms with Gasteiger partial charge in [-0.15, -0.1) is 0 Å². The Bertz CT molecular complexity index is 227.